The van der Waals surface area contributed by atoms with Gasteiger partial charge in [0.2, 0.25) is 0 Å². The summed E-state index contributed by atoms with van der Waals surface area (Å²) in [6.45, 7) is 8.54. The summed E-state index contributed by atoms with van der Waals surface area (Å²) in [5.41, 5.74) is 4.04. The van der Waals surface area contributed by atoms with Gasteiger partial charge in [0.05, 0.1) is 14.2 Å². The molecule has 1 heterocycles. The van der Waals surface area contributed by atoms with E-state index in [9.17, 15) is 0 Å². The summed E-state index contributed by atoms with van der Waals surface area (Å²) in [5, 5.41) is 14.8. The van der Waals surface area contributed by atoms with E-state index in [-0.39, 0.29) is 0 Å². The van der Waals surface area contributed by atoms with Crippen molar-refractivity contribution in [2.75, 3.05) is 40.4 Å². The number of methoxy groups -OCH3 is 2. The van der Waals surface area contributed by atoms with E-state index >= 15 is 0 Å². The number of carbonyl (C=O) groups is 2. The second kappa shape index (κ2) is 11.9. The second-order valence-corrected chi connectivity index (χ2v) is 7.27. The maximum Gasteiger partial charge on any atom is 0.414 e. The van der Waals surface area contributed by atoms with Gasteiger partial charge in [0.1, 0.15) is 11.5 Å². The van der Waals surface area contributed by atoms with Gasteiger partial charge in [-0.3, -0.25) is 9.80 Å². The quantitative estimate of drug-likeness (QED) is 0.675. The monoisotopic (exact) mass is 430 g/mol. The third-order valence-corrected chi connectivity index (χ3v) is 5.19. The van der Waals surface area contributed by atoms with Crippen LogP contribution in [-0.4, -0.2) is 72.4 Å². The van der Waals surface area contributed by atoms with Gasteiger partial charge in [-0.05, 0) is 24.1 Å². The van der Waals surface area contributed by atoms with Crippen LogP contribution in [0, 0.1) is 6.92 Å². The van der Waals surface area contributed by atoms with Gasteiger partial charge in [0.25, 0.3) is 0 Å². The highest BCUT2D eigenvalue weighted by Gasteiger charge is 2.19. The Bertz CT molecular complexity index is 866. The van der Waals surface area contributed by atoms with Crippen molar-refractivity contribution in [2.45, 2.75) is 20.0 Å². The minimum absolute atomic E-state index is 0.837. The zero-order valence-electron chi connectivity index (χ0n) is 18.2. The molecule has 1 saturated heterocycles. The van der Waals surface area contributed by atoms with E-state index in [1.165, 1.54) is 16.7 Å². The van der Waals surface area contributed by atoms with Crippen molar-refractivity contribution >= 4 is 11.9 Å². The number of hydrogen-bond donors (Lipinski definition) is 2. The molecule has 1 aliphatic heterocycles. The Hall–Kier alpha value is -3.10. The summed E-state index contributed by atoms with van der Waals surface area (Å²) in [7, 11) is 3.40. The van der Waals surface area contributed by atoms with E-state index < -0.39 is 11.9 Å². The minimum Gasteiger partial charge on any atom is -0.497 e. The van der Waals surface area contributed by atoms with E-state index in [1.807, 2.05) is 12.1 Å². The van der Waals surface area contributed by atoms with Gasteiger partial charge in [-0.1, -0.05) is 30.3 Å². The van der Waals surface area contributed by atoms with Crippen LogP contribution in [0.3, 0.4) is 0 Å². The number of carboxylic acid groups (broad SMARTS) is 2. The normalized spacial score (nSPS) is 14.3. The van der Waals surface area contributed by atoms with Crippen LogP contribution in [0.5, 0.6) is 11.5 Å². The third kappa shape index (κ3) is 7.58. The highest BCUT2D eigenvalue weighted by molar-refractivity contribution is 6.27. The van der Waals surface area contributed by atoms with E-state index in [4.69, 9.17) is 29.3 Å². The lowest BCUT2D eigenvalue weighted by Gasteiger charge is -2.35. The Morgan fingerprint density at radius 2 is 1.39 bits per heavy atom. The average Bonchev–Trinajstić information content (AvgIpc) is 2.77. The van der Waals surface area contributed by atoms with Crippen molar-refractivity contribution in [1.82, 2.24) is 9.80 Å². The lowest BCUT2D eigenvalue weighted by atomic mass is 10.1. The summed E-state index contributed by atoms with van der Waals surface area (Å²) >= 11 is 0. The molecule has 2 aromatic carbocycles. The Morgan fingerprint density at radius 1 is 0.839 bits per heavy atom. The molecule has 0 saturated carbocycles. The van der Waals surface area contributed by atoms with Gasteiger partial charge in [-0.2, -0.15) is 0 Å². The highest BCUT2D eigenvalue weighted by Crippen LogP contribution is 2.26. The van der Waals surface area contributed by atoms with Gasteiger partial charge >= 0.3 is 11.9 Å². The number of hydrogen-bond acceptors (Lipinski definition) is 6. The molecule has 0 aliphatic carbocycles. The largest absolute Gasteiger partial charge is 0.497 e. The molecule has 0 radical (unpaired) electrons. The molecular weight excluding hydrogens is 400 g/mol. The van der Waals surface area contributed by atoms with E-state index in [0.717, 1.165) is 50.8 Å². The standard InChI is InChI=1S/C21H28N2O2.C2H2O4/c1-17-6-4-5-7-18(17)15-22-10-12-23(13-11-22)16-19-8-9-20(24-2)14-21(19)25-3;3-1(4)2(5)6/h4-9,14H,10-13,15-16H2,1-3H3;(H,3,4)(H,5,6). The molecule has 1 aliphatic rings. The van der Waals surface area contributed by atoms with E-state index in [1.54, 1.807) is 14.2 Å². The first-order valence-corrected chi connectivity index (χ1v) is 10.0. The fourth-order valence-electron chi connectivity index (χ4n) is 3.36. The number of piperazine rings is 1. The fourth-order valence-corrected chi connectivity index (χ4v) is 3.36. The first kappa shape index (κ1) is 24.2. The molecule has 2 aromatic rings. The molecule has 0 unspecified atom stereocenters. The van der Waals surface area contributed by atoms with Crippen molar-refractivity contribution in [2.24, 2.45) is 0 Å². The second-order valence-electron chi connectivity index (χ2n) is 7.27. The number of ether oxygens (including phenoxy) is 2. The van der Waals surface area contributed by atoms with Crippen LogP contribution in [0.1, 0.15) is 16.7 Å². The van der Waals surface area contributed by atoms with Gasteiger partial charge in [-0.15, -0.1) is 0 Å². The lowest BCUT2D eigenvalue weighted by Crippen LogP contribution is -2.45. The molecule has 0 atom stereocenters. The molecule has 8 nitrogen and oxygen atoms in total. The Labute approximate surface area is 182 Å². The van der Waals surface area contributed by atoms with E-state index in [2.05, 4.69) is 47.1 Å². The van der Waals surface area contributed by atoms with Crippen molar-refractivity contribution in [1.29, 1.82) is 0 Å². The topological polar surface area (TPSA) is 99.5 Å². The van der Waals surface area contributed by atoms with Crippen LogP contribution >= 0.6 is 0 Å². The van der Waals surface area contributed by atoms with Crippen molar-refractivity contribution in [3.05, 3.63) is 59.2 Å². The van der Waals surface area contributed by atoms with Gasteiger partial charge < -0.3 is 19.7 Å². The maximum absolute atomic E-state index is 9.10. The summed E-state index contributed by atoms with van der Waals surface area (Å²) < 4.78 is 10.8. The Balaban J connectivity index is 0.000000501. The Kier molecular flexibility index (Phi) is 9.30. The fraction of sp³-hybridized carbons (Fsp3) is 0.391. The van der Waals surface area contributed by atoms with Crippen LogP contribution < -0.4 is 9.47 Å². The van der Waals surface area contributed by atoms with Crippen LogP contribution in [0.2, 0.25) is 0 Å². The van der Waals surface area contributed by atoms with Crippen LogP contribution in [0.15, 0.2) is 42.5 Å². The highest BCUT2D eigenvalue weighted by atomic mass is 16.5. The van der Waals surface area contributed by atoms with Crippen molar-refractivity contribution in [3.8, 4) is 11.5 Å². The van der Waals surface area contributed by atoms with Crippen LogP contribution in [0.25, 0.3) is 0 Å². The Morgan fingerprint density at radius 3 is 1.87 bits per heavy atom. The number of nitrogens with zero attached hydrogens (tertiary/aromatic N) is 2. The van der Waals surface area contributed by atoms with Gasteiger partial charge in [-0.25, -0.2) is 9.59 Å². The maximum atomic E-state index is 9.10. The van der Waals surface area contributed by atoms with Gasteiger partial charge in [0, 0.05) is 50.9 Å². The minimum atomic E-state index is -1.82. The molecule has 8 heteroatoms. The molecule has 0 bridgehead atoms. The number of aliphatic carboxylic acids is 2. The summed E-state index contributed by atoms with van der Waals surface area (Å²) in [6.07, 6.45) is 0. The average molecular weight is 431 g/mol. The molecule has 0 aromatic heterocycles. The number of aryl methyl sites for hydroxylation is 1. The lowest BCUT2D eigenvalue weighted by molar-refractivity contribution is -0.159. The molecular formula is C23H30N2O6. The number of carboxylic acids is 2. The first-order valence-electron chi connectivity index (χ1n) is 10.0. The third-order valence-electron chi connectivity index (χ3n) is 5.19. The molecule has 2 N–H and O–H groups in total. The van der Waals surface area contributed by atoms with Crippen LogP contribution in [-0.2, 0) is 22.7 Å². The van der Waals surface area contributed by atoms with Crippen LogP contribution in [0.4, 0.5) is 0 Å². The predicted molar refractivity (Wildman–Crippen MR) is 117 cm³/mol. The predicted octanol–water partition coefficient (Wildman–Crippen LogP) is 2.49. The molecule has 1 fully saturated rings. The molecule has 31 heavy (non-hydrogen) atoms. The number of rotatable bonds is 6. The smallest absolute Gasteiger partial charge is 0.414 e. The van der Waals surface area contributed by atoms with Crippen molar-refractivity contribution in [3.63, 3.8) is 0 Å². The SMILES string of the molecule is COc1ccc(CN2CCN(Cc3ccccc3C)CC2)c(OC)c1.O=C(O)C(=O)O. The molecule has 3 rings (SSSR count). The summed E-state index contributed by atoms with van der Waals surface area (Å²) in [5.74, 6) is -1.91. The summed E-state index contributed by atoms with van der Waals surface area (Å²) in [4.78, 5) is 23.2. The summed E-state index contributed by atoms with van der Waals surface area (Å²) in [6, 6.07) is 14.8. The zero-order valence-corrected chi connectivity index (χ0v) is 18.2. The zero-order chi connectivity index (χ0) is 22.8. The van der Waals surface area contributed by atoms with Crippen molar-refractivity contribution < 1.29 is 29.3 Å². The van der Waals surface area contributed by atoms with E-state index in [0.29, 0.717) is 0 Å². The van der Waals surface area contributed by atoms with Gasteiger partial charge in [0.15, 0.2) is 0 Å². The number of benzene rings is 2. The first-order chi connectivity index (χ1) is 14.8. The molecule has 0 amide bonds. The molecule has 168 valence electrons. The molecule has 0 spiro atoms.